The van der Waals surface area contributed by atoms with Crippen LogP contribution in [0.4, 0.5) is 5.82 Å². The van der Waals surface area contributed by atoms with Gasteiger partial charge in [0, 0.05) is 18.0 Å². The smallest absolute Gasteiger partial charge is 0.254 e. The number of benzene rings is 1. The molecule has 2 aliphatic rings. The molecule has 2 unspecified atom stereocenters. The molecule has 4 rings (SSSR count). The van der Waals surface area contributed by atoms with Crippen molar-refractivity contribution >= 4 is 22.6 Å². The van der Waals surface area contributed by atoms with Gasteiger partial charge in [0.1, 0.15) is 5.82 Å². The third-order valence-electron chi connectivity index (χ3n) is 4.64. The predicted octanol–water partition coefficient (Wildman–Crippen LogP) is 2.44. The number of carbonyl (C=O) groups excluding carboxylic acids is 1. The summed E-state index contributed by atoms with van der Waals surface area (Å²) in [6.45, 7) is 0.903. The van der Waals surface area contributed by atoms with Gasteiger partial charge < -0.3 is 10.6 Å². The summed E-state index contributed by atoms with van der Waals surface area (Å²) in [6.07, 6.45) is 3.59. The molecule has 102 valence electrons. The van der Waals surface area contributed by atoms with Gasteiger partial charge in [-0.1, -0.05) is 18.2 Å². The number of anilines is 1. The number of likely N-dealkylation sites (tertiary alicyclic amines) is 1. The second-order valence-electron chi connectivity index (χ2n) is 5.90. The summed E-state index contributed by atoms with van der Waals surface area (Å²) in [5.41, 5.74) is 7.34. The van der Waals surface area contributed by atoms with Gasteiger partial charge in [-0.3, -0.25) is 4.79 Å². The molecule has 2 fully saturated rings. The van der Waals surface area contributed by atoms with Crippen LogP contribution in [-0.4, -0.2) is 28.4 Å². The Labute approximate surface area is 117 Å². The first-order valence-electron chi connectivity index (χ1n) is 7.18. The fourth-order valence-electron chi connectivity index (χ4n) is 3.70. The zero-order chi connectivity index (χ0) is 13.7. The lowest BCUT2D eigenvalue weighted by Gasteiger charge is -2.27. The van der Waals surface area contributed by atoms with E-state index in [1.54, 1.807) is 6.07 Å². The SMILES string of the molecule is Nc1cc(C(=O)N2CC3CCC2C3)c2ccccc2n1. The van der Waals surface area contributed by atoms with Crippen molar-refractivity contribution in [3.63, 3.8) is 0 Å². The van der Waals surface area contributed by atoms with Gasteiger partial charge in [-0.25, -0.2) is 4.98 Å². The molecule has 1 aromatic carbocycles. The highest BCUT2D eigenvalue weighted by atomic mass is 16.2. The minimum absolute atomic E-state index is 0.113. The highest BCUT2D eigenvalue weighted by molar-refractivity contribution is 6.07. The number of fused-ring (bicyclic) bond motifs is 3. The highest BCUT2D eigenvalue weighted by Crippen LogP contribution is 2.38. The molecule has 2 aromatic rings. The summed E-state index contributed by atoms with van der Waals surface area (Å²) in [6, 6.07) is 9.85. The minimum Gasteiger partial charge on any atom is -0.384 e. The second-order valence-corrected chi connectivity index (χ2v) is 5.90. The maximum Gasteiger partial charge on any atom is 0.254 e. The molecule has 4 heteroatoms. The van der Waals surface area contributed by atoms with Gasteiger partial charge >= 0.3 is 0 Å². The van der Waals surface area contributed by atoms with Gasteiger partial charge in [0.05, 0.1) is 11.1 Å². The van der Waals surface area contributed by atoms with Crippen molar-refractivity contribution < 1.29 is 4.79 Å². The summed E-state index contributed by atoms with van der Waals surface area (Å²) >= 11 is 0. The monoisotopic (exact) mass is 267 g/mol. The molecular formula is C16H17N3O. The summed E-state index contributed by atoms with van der Waals surface area (Å²) in [4.78, 5) is 19.2. The van der Waals surface area contributed by atoms with Crippen LogP contribution in [0.1, 0.15) is 29.6 Å². The zero-order valence-corrected chi connectivity index (χ0v) is 11.2. The van der Waals surface area contributed by atoms with E-state index in [9.17, 15) is 4.79 Å². The van der Waals surface area contributed by atoms with Crippen molar-refractivity contribution in [2.75, 3.05) is 12.3 Å². The molecule has 2 N–H and O–H groups in total. The fourth-order valence-corrected chi connectivity index (χ4v) is 3.70. The van der Waals surface area contributed by atoms with Crippen LogP contribution in [0.3, 0.4) is 0 Å². The lowest BCUT2D eigenvalue weighted by atomic mass is 10.1. The van der Waals surface area contributed by atoms with E-state index < -0.39 is 0 Å². The Bertz CT molecular complexity index is 697. The third kappa shape index (κ3) is 1.68. The normalized spacial score (nSPS) is 24.5. The predicted molar refractivity (Wildman–Crippen MR) is 78.3 cm³/mol. The van der Waals surface area contributed by atoms with E-state index in [4.69, 9.17) is 5.73 Å². The topological polar surface area (TPSA) is 59.2 Å². The van der Waals surface area contributed by atoms with Gasteiger partial charge in [-0.05, 0) is 37.3 Å². The Balaban J connectivity index is 1.80. The molecule has 1 amide bonds. The molecule has 2 bridgehead atoms. The second kappa shape index (κ2) is 4.20. The average molecular weight is 267 g/mol. The van der Waals surface area contributed by atoms with Gasteiger partial charge in [0.15, 0.2) is 0 Å². The van der Waals surface area contributed by atoms with Gasteiger partial charge in [0.25, 0.3) is 5.91 Å². The van der Waals surface area contributed by atoms with Crippen molar-refractivity contribution in [2.24, 2.45) is 5.92 Å². The molecule has 1 aliphatic carbocycles. The first-order chi connectivity index (χ1) is 9.72. The van der Waals surface area contributed by atoms with Crippen LogP contribution in [0, 0.1) is 5.92 Å². The number of hydrogen-bond donors (Lipinski definition) is 1. The molecule has 2 heterocycles. The van der Waals surface area contributed by atoms with E-state index in [1.165, 1.54) is 12.8 Å². The number of nitrogen functional groups attached to an aromatic ring is 1. The maximum absolute atomic E-state index is 12.8. The summed E-state index contributed by atoms with van der Waals surface area (Å²) in [7, 11) is 0. The quantitative estimate of drug-likeness (QED) is 0.863. The van der Waals surface area contributed by atoms with Gasteiger partial charge in [-0.15, -0.1) is 0 Å². The van der Waals surface area contributed by atoms with Crippen molar-refractivity contribution in [3.8, 4) is 0 Å². The van der Waals surface area contributed by atoms with Crippen LogP contribution in [0.15, 0.2) is 30.3 Å². The Morgan fingerprint density at radius 3 is 2.90 bits per heavy atom. The van der Waals surface area contributed by atoms with Gasteiger partial charge in [-0.2, -0.15) is 0 Å². The Hall–Kier alpha value is -2.10. The minimum atomic E-state index is 0.113. The van der Waals surface area contributed by atoms with Crippen LogP contribution in [0.5, 0.6) is 0 Å². The van der Waals surface area contributed by atoms with Crippen LogP contribution >= 0.6 is 0 Å². The summed E-state index contributed by atoms with van der Waals surface area (Å²) in [5, 5.41) is 0.898. The van der Waals surface area contributed by atoms with Crippen molar-refractivity contribution in [1.29, 1.82) is 0 Å². The van der Waals surface area contributed by atoms with E-state index in [0.717, 1.165) is 23.9 Å². The van der Waals surface area contributed by atoms with E-state index in [1.807, 2.05) is 29.2 Å². The van der Waals surface area contributed by atoms with E-state index in [0.29, 0.717) is 23.3 Å². The highest BCUT2D eigenvalue weighted by Gasteiger charge is 2.40. The Morgan fingerprint density at radius 2 is 2.15 bits per heavy atom. The van der Waals surface area contributed by atoms with E-state index in [2.05, 4.69) is 4.98 Å². The molecule has 20 heavy (non-hydrogen) atoms. The van der Waals surface area contributed by atoms with Crippen LogP contribution < -0.4 is 5.73 Å². The average Bonchev–Trinajstić information content (AvgIpc) is 3.08. The number of piperidine rings is 1. The van der Waals surface area contributed by atoms with Crippen LogP contribution in [0.25, 0.3) is 10.9 Å². The molecular weight excluding hydrogens is 250 g/mol. The fraction of sp³-hybridized carbons (Fsp3) is 0.375. The number of rotatable bonds is 1. The number of para-hydroxylation sites is 1. The molecule has 4 nitrogen and oxygen atoms in total. The zero-order valence-electron chi connectivity index (χ0n) is 11.2. The standard InChI is InChI=1S/C16H17N3O/c17-15-8-13(12-3-1-2-4-14(12)18-15)16(20)19-9-10-5-6-11(19)7-10/h1-4,8,10-11H,5-7,9H2,(H2,17,18). The van der Waals surface area contributed by atoms with Crippen LogP contribution in [0.2, 0.25) is 0 Å². The van der Waals surface area contributed by atoms with Crippen molar-refractivity contribution in [2.45, 2.75) is 25.3 Å². The number of carbonyl (C=O) groups is 1. The molecule has 1 saturated heterocycles. The number of nitrogens with two attached hydrogens (primary N) is 1. The number of hydrogen-bond acceptors (Lipinski definition) is 3. The van der Waals surface area contributed by atoms with Crippen molar-refractivity contribution in [1.82, 2.24) is 9.88 Å². The molecule has 1 aromatic heterocycles. The molecule has 0 spiro atoms. The third-order valence-corrected chi connectivity index (χ3v) is 4.64. The summed E-state index contributed by atoms with van der Waals surface area (Å²) in [5.74, 6) is 1.23. The number of nitrogens with zero attached hydrogens (tertiary/aromatic N) is 2. The number of amides is 1. The van der Waals surface area contributed by atoms with E-state index in [-0.39, 0.29) is 5.91 Å². The van der Waals surface area contributed by atoms with Crippen LogP contribution in [-0.2, 0) is 0 Å². The van der Waals surface area contributed by atoms with Crippen molar-refractivity contribution in [3.05, 3.63) is 35.9 Å². The first-order valence-corrected chi connectivity index (χ1v) is 7.18. The largest absolute Gasteiger partial charge is 0.384 e. The molecule has 0 radical (unpaired) electrons. The summed E-state index contributed by atoms with van der Waals surface area (Å²) < 4.78 is 0. The molecule has 1 saturated carbocycles. The van der Waals surface area contributed by atoms with Gasteiger partial charge in [0.2, 0.25) is 0 Å². The molecule has 2 atom stereocenters. The first kappa shape index (κ1) is 11.7. The number of aromatic nitrogens is 1. The Kier molecular flexibility index (Phi) is 2.46. The Morgan fingerprint density at radius 1 is 1.30 bits per heavy atom. The maximum atomic E-state index is 12.8. The van der Waals surface area contributed by atoms with E-state index >= 15 is 0 Å². The lowest BCUT2D eigenvalue weighted by molar-refractivity contribution is 0.0705. The molecule has 1 aliphatic heterocycles. The number of pyridine rings is 1. The lowest BCUT2D eigenvalue weighted by Crippen LogP contribution is -2.37.